The number of sulfonamides is 1. The fourth-order valence-corrected chi connectivity index (χ4v) is 4.63. The quantitative estimate of drug-likeness (QED) is 0.638. The summed E-state index contributed by atoms with van der Waals surface area (Å²) in [7, 11) is -4.03. The molecule has 2 aromatic carbocycles. The number of carboxylic acids is 1. The molecule has 3 aromatic rings. The predicted octanol–water partition coefficient (Wildman–Crippen LogP) is 2.75. The highest BCUT2D eigenvalue weighted by molar-refractivity contribution is 7.89. The summed E-state index contributed by atoms with van der Waals surface area (Å²) >= 11 is 0. The standard InChI is InChI=1S/C20H20N2O6S/c1-11(2)18(20(23)24)22-29(25,26)13-4-5-14-15-9-12(19-21-7-8-27-19)3-6-16(15)28-17(14)10-13/h3-6,9-11,18,22H,7-8H2,1-2H3,(H,23,24)/t18-/m0/s1. The summed E-state index contributed by atoms with van der Waals surface area (Å²) in [5.74, 6) is -1.05. The van der Waals surface area contributed by atoms with Crippen LogP contribution in [0.15, 0.2) is 50.7 Å². The average Bonchev–Trinajstić information content (AvgIpc) is 3.32. The topological polar surface area (TPSA) is 118 Å². The molecule has 0 aliphatic carbocycles. The molecule has 1 aromatic heterocycles. The Kier molecular flexibility index (Phi) is 4.79. The molecule has 2 N–H and O–H groups in total. The molecule has 0 fully saturated rings. The molecule has 0 bridgehead atoms. The van der Waals surface area contributed by atoms with Crippen LogP contribution in [0.1, 0.15) is 19.4 Å². The van der Waals surface area contributed by atoms with Crippen molar-refractivity contribution in [2.45, 2.75) is 24.8 Å². The number of aliphatic imine (C=N–C) groups is 1. The van der Waals surface area contributed by atoms with E-state index in [0.29, 0.717) is 30.2 Å². The summed E-state index contributed by atoms with van der Waals surface area (Å²) in [6.07, 6.45) is 0. The van der Waals surface area contributed by atoms with Crippen LogP contribution < -0.4 is 4.72 Å². The zero-order valence-corrected chi connectivity index (χ0v) is 16.7. The monoisotopic (exact) mass is 416 g/mol. The van der Waals surface area contributed by atoms with Crippen LogP contribution in [-0.4, -0.2) is 44.6 Å². The highest BCUT2D eigenvalue weighted by Gasteiger charge is 2.28. The van der Waals surface area contributed by atoms with Crippen LogP contribution in [0, 0.1) is 5.92 Å². The molecule has 1 aliphatic heterocycles. The number of fused-ring (bicyclic) bond motifs is 3. The van der Waals surface area contributed by atoms with Crippen molar-refractivity contribution in [2.24, 2.45) is 10.9 Å². The largest absolute Gasteiger partial charge is 0.480 e. The number of rotatable bonds is 6. The predicted molar refractivity (Wildman–Crippen MR) is 108 cm³/mol. The van der Waals surface area contributed by atoms with E-state index in [0.717, 1.165) is 16.3 Å². The molecule has 0 amide bonds. The van der Waals surface area contributed by atoms with E-state index in [1.54, 1.807) is 26.0 Å². The van der Waals surface area contributed by atoms with Gasteiger partial charge in [0.15, 0.2) is 0 Å². The van der Waals surface area contributed by atoms with Crippen LogP contribution in [0.2, 0.25) is 0 Å². The Morgan fingerprint density at radius 3 is 2.59 bits per heavy atom. The Hall–Kier alpha value is -2.91. The summed E-state index contributed by atoms with van der Waals surface area (Å²) in [6, 6.07) is 8.81. The highest BCUT2D eigenvalue weighted by atomic mass is 32.2. The molecule has 0 saturated heterocycles. The summed E-state index contributed by atoms with van der Waals surface area (Å²) < 4.78 is 38.9. The third-order valence-electron chi connectivity index (χ3n) is 4.80. The van der Waals surface area contributed by atoms with E-state index in [1.807, 2.05) is 12.1 Å². The maximum absolute atomic E-state index is 12.7. The van der Waals surface area contributed by atoms with E-state index < -0.39 is 28.0 Å². The highest BCUT2D eigenvalue weighted by Crippen LogP contribution is 2.31. The van der Waals surface area contributed by atoms with E-state index in [9.17, 15) is 18.3 Å². The summed E-state index contributed by atoms with van der Waals surface area (Å²) in [5.41, 5.74) is 1.83. The first kappa shape index (κ1) is 19.4. The van der Waals surface area contributed by atoms with Crippen molar-refractivity contribution in [2.75, 3.05) is 13.2 Å². The molecule has 0 saturated carbocycles. The molecule has 152 valence electrons. The first-order valence-electron chi connectivity index (χ1n) is 9.15. The molecule has 1 atom stereocenters. The molecule has 0 spiro atoms. The molecule has 0 unspecified atom stereocenters. The number of benzene rings is 2. The number of hydrogen-bond acceptors (Lipinski definition) is 6. The first-order chi connectivity index (χ1) is 13.8. The minimum absolute atomic E-state index is 0.0559. The number of carboxylic acid groups (broad SMARTS) is 1. The van der Waals surface area contributed by atoms with Crippen LogP contribution in [0.4, 0.5) is 0 Å². The number of hydrogen-bond donors (Lipinski definition) is 2. The van der Waals surface area contributed by atoms with Crippen molar-refractivity contribution in [1.29, 1.82) is 0 Å². The molecule has 8 nitrogen and oxygen atoms in total. The van der Waals surface area contributed by atoms with Gasteiger partial charge in [-0.1, -0.05) is 13.8 Å². The van der Waals surface area contributed by atoms with Gasteiger partial charge in [0.05, 0.1) is 11.4 Å². The van der Waals surface area contributed by atoms with Crippen molar-refractivity contribution < 1.29 is 27.5 Å². The normalized spacial score (nSPS) is 15.6. The smallest absolute Gasteiger partial charge is 0.322 e. The van der Waals surface area contributed by atoms with Crippen molar-refractivity contribution in [1.82, 2.24) is 4.72 Å². The van der Waals surface area contributed by atoms with Gasteiger partial charge in [-0.3, -0.25) is 4.79 Å². The Labute approximate surface area is 167 Å². The van der Waals surface area contributed by atoms with Crippen molar-refractivity contribution in [3.63, 3.8) is 0 Å². The fourth-order valence-electron chi connectivity index (χ4n) is 3.27. The molecular formula is C20H20N2O6S. The first-order valence-corrected chi connectivity index (χ1v) is 10.6. The molecule has 29 heavy (non-hydrogen) atoms. The van der Waals surface area contributed by atoms with Crippen molar-refractivity contribution in [3.8, 4) is 0 Å². The van der Waals surface area contributed by atoms with Crippen molar-refractivity contribution >= 4 is 43.8 Å². The van der Waals surface area contributed by atoms with Gasteiger partial charge >= 0.3 is 5.97 Å². The van der Waals surface area contributed by atoms with Gasteiger partial charge in [-0.2, -0.15) is 4.72 Å². The van der Waals surface area contributed by atoms with Gasteiger partial charge in [0, 0.05) is 22.4 Å². The van der Waals surface area contributed by atoms with E-state index in [1.165, 1.54) is 12.1 Å². The van der Waals surface area contributed by atoms with Gasteiger partial charge in [-0.05, 0) is 36.2 Å². The SMILES string of the molecule is CC(C)[C@H](NS(=O)(=O)c1ccc2c(c1)oc1ccc(C3=NCCO3)cc12)C(=O)O. The van der Waals surface area contributed by atoms with Gasteiger partial charge in [0.25, 0.3) is 0 Å². The lowest BCUT2D eigenvalue weighted by Crippen LogP contribution is -2.44. The van der Waals surface area contributed by atoms with Crippen LogP contribution >= 0.6 is 0 Å². The number of ether oxygens (including phenoxy) is 1. The minimum Gasteiger partial charge on any atom is -0.480 e. The number of carbonyl (C=O) groups is 1. The Bertz CT molecular complexity index is 1240. The molecule has 1 aliphatic rings. The summed E-state index contributed by atoms with van der Waals surface area (Å²) in [5, 5.41) is 10.8. The third-order valence-corrected chi connectivity index (χ3v) is 6.24. The molecule has 2 heterocycles. The van der Waals surface area contributed by atoms with Gasteiger partial charge in [-0.15, -0.1) is 0 Å². The van der Waals surface area contributed by atoms with Gasteiger partial charge in [0.2, 0.25) is 15.9 Å². The zero-order valence-electron chi connectivity index (χ0n) is 15.9. The summed E-state index contributed by atoms with van der Waals surface area (Å²) in [6.45, 7) is 4.46. The van der Waals surface area contributed by atoms with Crippen LogP contribution in [-0.2, 0) is 19.6 Å². The number of furan rings is 1. The number of nitrogens with zero attached hydrogens (tertiary/aromatic N) is 1. The lowest BCUT2D eigenvalue weighted by molar-refractivity contribution is -0.140. The van der Waals surface area contributed by atoms with Crippen LogP contribution in [0.25, 0.3) is 21.9 Å². The molecule has 0 radical (unpaired) electrons. The van der Waals surface area contributed by atoms with Gasteiger partial charge < -0.3 is 14.3 Å². The second kappa shape index (κ2) is 7.16. The van der Waals surface area contributed by atoms with Crippen LogP contribution in [0.3, 0.4) is 0 Å². The minimum atomic E-state index is -4.03. The molecule has 9 heteroatoms. The Morgan fingerprint density at radius 2 is 1.93 bits per heavy atom. The summed E-state index contributed by atoms with van der Waals surface area (Å²) in [4.78, 5) is 15.6. The van der Waals surface area contributed by atoms with E-state index in [4.69, 9.17) is 9.15 Å². The van der Waals surface area contributed by atoms with Gasteiger partial charge in [-0.25, -0.2) is 13.4 Å². The molecule has 4 rings (SSSR count). The Balaban J connectivity index is 1.74. The lowest BCUT2D eigenvalue weighted by atomic mass is 10.1. The number of aliphatic carboxylic acids is 1. The van der Waals surface area contributed by atoms with E-state index >= 15 is 0 Å². The number of nitrogens with one attached hydrogen (secondary N) is 1. The van der Waals surface area contributed by atoms with Gasteiger partial charge in [0.1, 0.15) is 23.8 Å². The second-order valence-corrected chi connectivity index (χ2v) is 8.90. The molecular weight excluding hydrogens is 396 g/mol. The fraction of sp³-hybridized carbons (Fsp3) is 0.300. The maximum atomic E-state index is 12.7. The Morgan fingerprint density at radius 1 is 1.14 bits per heavy atom. The average molecular weight is 416 g/mol. The zero-order chi connectivity index (χ0) is 20.8. The lowest BCUT2D eigenvalue weighted by Gasteiger charge is -2.17. The third kappa shape index (κ3) is 3.58. The second-order valence-electron chi connectivity index (χ2n) is 7.19. The van der Waals surface area contributed by atoms with Crippen LogP contribution in [0.5, 0.6) is 0 Å². The van der Waals surface area contributed by atoms with E-state index in [2.05, 4.69) is 9.71 Å². The van der Waals surface area contributed by atoms with Crippen molar-refractivity contribution in [3.05, 3.63) is 42.0 Å². The van der Waals surface area contributed by atoms with E-state index in [-0.39, 0.29) is 4.90 Å². The maximum Gasteiger partial charge on any atom is 0.322 e.